The van der Waals surface area contributed by atoms with Crippen molar-refractivity contribution in [2.75, 3.05) is 33.8 Å². The van der Waals surface area contributed by atoms with Crippen molar-refractivity contribution in [3.63, 3.8) is 0 Å². The molecule has 0 amide bonds. The zero-order valence-electron chi connectivity index (χ0n) is 14.7. The van der Waals surface area contributed by atoms with Gasteiger partial charge in [0.25, 0.3) is 0 Å². The SMILES string of the molecule is COc1ccc(CNc2sc(P(=O)(OC)OC)cc2[N+](=O)[O-])c(OC)c1. The Hall–Kier alpha value is -2.13. The molecular formula is C15H19N2O7PS. The van der Waals surface area contributed by atoms with Gasteiger partial charge < -0.3 is 23.8 Å². The largest absolute Gasteiger partial charge is 0.497 e. The van der Waals surface area contributed by atoms with Crippen molar-refractivity contribution in [1.82, 2.24) is 0 Å². The third-order valence-corrected chi connectivity index (χ3v) is 7.04. The highest BCUT2D eigenvalue weighted by Crippen LogP contribution is 2.50. The van der Waals surface area contributed by atoms with E-state index in [0.29, 0.717) is 11.5 Å². The topological polar surface area (TPSA) is 109 Å². The Labute approximate surface area is 154 Å². The fourth-order valence-corrected chi connectivity index (χ4v) is 4.91. The summed E-state index contributed by atoms with van der Waals surface area (Å²) in [4.78, 5) is 10.8. The number of hydrogen-bond acceptors (Lipinski definition) is 9. The van der Waals surface area contributed by atoms with Crippen molar-refractivity contribution in [2.24, 2.45) is 0 Å². The number of anilines is 1. The molecule has 0 atom stereocenters. The van der Waals surface area contributed by atoms with Gasteiger partial charge in [0.15, 0.2) is 5.00 Å². The van der Waals surface area contributed by atoms with Crippen molar-refractivity contribution in [3.8, 4) is 11.5 Å². The highest BCUT2D eigenvalue weighted by Gasteiger charge is 2.32. The Kier molecular flexibility index (Phi) is 6.60. The zero-order valence-corrected chi connectivity index (χ0v) is 16.4. The molecule has 9 nitrogen and oxygen atoms in total. The van der Waals surface area contributed by atoms with Gasteiger partial charge in [0.2, 0.25) is 0 Å². The molecule has 0 spiro atoms. The zero-order chi connectivity index (χ0) is 19.3. The van der Waals surface area contributed by atoms with E-state index in [1.807, 2.05) is 0 Å². The van der Waals surface area contributed by atoms with Crippen molar-refractivity contribution in [3.05, 3.63) is 39.9 Å². The van der Waals surface area contributed by atoms with Crippen LogP contribution in [0.1, 0.15) is 5.56 Å². The van der Waals surface area contributed by atoms with Gasteiger partial charge in [0, 0.05) is 38.5 Å². The van der Waals surface area contributed by atoms with Gasteiger partial charge in [0.1, 0.15) is 16.1 Å². The van der Waals surface area contributed by atoms with Gasteiger partial charge in [-0.3, -0.25) is 14.7 Å². The highest BCUT2D eigenvalue weighted by molar-refractivity contribution is 7.69. The maximum atomic E-state index is 12.5. The second-order valence-electron chi connectivity index (χ2n) is 4.95. The standard InChI is InChI=1S/C15H19N2O7PS/c1-21-11-6-5-10(13(7-11)22-2)9-16-15-12(17(18)19)8-14(26-15)25(20,23-3)24-4/h5-8,16H,9H2,1-4H3. The molecule has 11 heteroatoms. The fourth-order valence-electron chi connectivity index (χ4n) is 2.19. The molecule has 2 aromatic rings. The van der Waals surface area contributed by atoms with Crippen molar-refractivity contribution in [1.29, 1.82) is 0 Å². The summed E-state index contributed by atoms with van der Waals surface area (Å²) in [5, 5.41) is 14.6. The van der Waals surface area contributed by atoms with E-state index in [-0.39, 0.29) is 21.9 Å². The first-order chi connectivity index (χ1) is 12.4. The number of ether oxygens (including phenoxy) is 2. The number of nitrogens with zero attached hydrogens (tertiary/aromatic N) is 1. The molecule has 0 saturated carbocycles. The quantitative estimate of drug-likeness (QED) is 0.386. The molecule has 0 fully saturated rings. The summed E-state index contributed by atoms with van der Waals surface area (Å²) in [6, 6.07) is 6.47. The maximum absolute atomic E-state index is 12.5. The van der Waals surface area contributed by atoms with Crippen LogP contribution in [0.4, 0.5) is 10.7 Å². The minimum Gasteiger partial charge on any atom is -0.497 e. The molecule has 1 heterocycles. The average molecular weight is 402 g/mol. The van der Waals surface area contributed by atoms with Crippen LogP contribution >= 0.6 is 18.9 Å². The lowest BCUT2D eigenvalue weighted by atomic mass is 10.2. The fraction of sp³-hybridized carbons (Fsp3) is 0.333. The summed E-state index contributed by atoms with van der Waals surface area (Å²) in [5.74, 6) is 1.21. The third-order valence-electron chi connectivity index (χ3n) is 3.58. The molecule has 0 bridgehead atoms. The van der Waals surface area contributed by atoms with Crippen LogP contribution in [0.15, 0.2) is 24.3 Å². The maximum Gasteiger partial charge on any atom is 0.371 e. The Bertz CT molecular complexity index is 831. The van der Waals surface area contributed by atoms with E-state index in [4.69, 9.17) is 18.5 Å². The van der Waals surface area contributed by atoms with Gasteiger partial charge in [-0.25, -0.2) is 0 Å². The van der Waals surface area contributed by atoms with Gasteiger partial charge in [-0.15, -0.1) is 11.3 Å². The highest BCUT2D eigenvalue weighted by atomic mass is 32.1. The Morgan fingerprint density at radius 3 is 2.38 bits per heavy atom. The van der Waals surface area contributed by atoms with E-state index >= 15 is 0 Å². The first-order valence-electron chi connectivity index (χ1n) is 7.33. The normalized spacial score (nSPS) is 11.2. The summed E-state index contributed by atoms with van der Waals surface area (Å²) < 4.78 is 32.9. The molecule has 0 aliphatic carbocycles. The van der Waals surface area contributed by atoms with Crippen molar-refractivity contribution >= 4 is 34.2 Å². The summed E-state index contributed by atoms with van der Waals surface area (Å²) in [6.45, 7) is 0.262. The van der Waals surface area contributed by atoms with Gasteiger partial charge >= 0.3 is 13.3 Å². The summed E-state index contributed by atoms with van der Waals surface area (Å²) in [6.07, 6.45) is 0. The van der Waals surface area contributed by atoms with E-state index < -0.39 is 12.5 Å². The molecule has 0 unspecified atom stereocenters. The lowest BCUT2D eigenvalue weighted by Gasteiger charge is -2.11. The molecule has 142 valence electrons. The second kappa shape index (κ2) is 8.50. The van der Waals surface area contributed by atoms with Gasteiger partial charge in [0.05, 0.1) is 19.1 Å². The second-order valence-corrected chi connectivity index (χ2v) is 8.51. The molecule has 0 radical (unpaired) electrons. The molecule has 2 rings (SSSR count). The first kappa shape index (κ1) is 20.2. The number of nitrogens with one attached hydrogen (secondary N) is 1. The molecule has 1 aromatic carbocycles. The van der Waals surface area contributed by atoms with Crippen LogP contribution < -0.4 is 19.4 Å². The Balaban J connectivity index is 2.31. The Morgan fingerprint density at radius 1 is 1.15 bits per heavy atom. The molecule has 0 aliphatic rings. The monoisotopic (exact) mass is 402 g/mol. The van der Waals surface area contributed by atoms with Crippen LogP contribution in [0.5, 0.6) is 11.5 Å². The van der Waals surface area contributed by atoms with E-state index in [1.54, 1.807) is 25.3 Å². The van der Waals surface area contributed by atoms with Crippen LogP contribution in [-0.2, 0) is 20.2 Å². The molecule has 1 N–H and O–H groups in total. The summed E-state index contributed by atoms with van der Waals surface area (Å²) >= 11 is 0.953. The smallest absolute Gasteiger partial charge is 0.371 e. The van der Waals surface area contributed by atoms with Crippen LogP contribution in [0, 0.1) is 10.1 Å². The average Bonchev–Trinajstić information content (AvgIpc) is 3.10. The van der Waals surface area contributed by atoms with Gasteiger partial charge in [-0.1, -0.05) is 0 Å². The first-order valence-corrected chi connectivity index (χ1v) is 9.69. The number of hydrogen-bond donors (Lipinski definition) is 1. The number of rotatable bonds is 9. The predicted octanol–water partition coefficient (Wildman–Crippen LogP) is 3.40. The summed E-state index contributed by atoms with van der Waals surface area (Å²) in [5.41, 5.74) is 0.575. The molecular weight excluding hydrogens is 383 g/mol. The third kappa shape index (κ3) is 4.16. The lowest BCUT2D eigenvalue weighted by molar-refractivity contribution is -0.383. The van der Waals surface area contributed by atoms with E-state index in [0.717, 1.165) is 16.9 Å². The van der Waals surface area contributed by atoms with Crippen molar-refractivity contribution in [2.45, 2.75) is 6.54 Å². The minimum absolute atomic E-state index is 0.151. The lowest BCUT2D eigenvalue weighted by Crippen LogP contribution is -2.03. The number of benzene rings is 1. The van der Waals surface area contributed by atoms with Crippen LogP contribution in [0.25, 0.3) is 0 Å². The Morgan fingerprint density at radius 2 is 1.85 bits per heavy atom. The number of nitro groups is 1. The number of methoxy groups -OCH3 is 2. The van der Waals surface area contributed by atoms with E-state index in [2.05, 4.69) is 5.32 Å². The van der Waals surface area contributed by atoms with Crippen LogP contribution in [0.2, 0.25) is 0 Å². The van der Waals surface area contributed by atoms with Crippen molar-refractivity contribution < 1.29 is 28.0 Å². The van der Waals surface area contributed by atoms with Gasteiger partial charge in [-0.05, 0) is 12.1 Å². The minimum atomic E-state index is -3.57. The van der Waals surface area contributed by atoms with Crippen LogP contribution in [-0.4, -0.2) is 33.4 Å². The van der Waals surface area contributed by atoms with E-state index in [9.17, 15) is 14.7 Å². The molecule has 0 saturated heterocycles. The molecule has 0 aliphatic heterocycles. The predicted molar refractivity (Wildman–Crippen MR) is 99.1 cm³/mol. The molecule has 26 heavy (non-hydrogen) atoms. The van der Waals surface area contributed by atoms with Gasteiger partial charge in [-0.2, -0.15) is 0 Å². The van der Waals surface area contributed by atoms with E-state index in [1.165, 1.54) is 27.4 Å². The summed E-state index contributed by atoms with van der Waals surface area (Å²) in [7, 11) is 1.96. The number of thiophene rings is 1. The van der Waals surface area contributed by atoms with Crippen LogP contribution in [0.3, 0.4) is 0 Å². The molecule has 1 aromatic heterocycles.